The van der Waals surface area contributed by atoms with Crippen molar-refractivity contribution in [1.29, 1.82) is 0 Å². The van der Waals surface area contributed by atoms with E-state index in [9.17, 15) is 18.0 Å². The van der Waals surface area contributed by atoms with E-state index in [1.54, 1.807) is 6.08 Å². The van der Waals surface area contributed by atoms with Gasteiger partial charge in [0.25, 0.3) is 0 Å². The Morgan fingerprint density at radius 1 is 1.42 bits per heavy atom. The van der Waals surface area contributed by atoms with E-state index in [1.807, 2.05) is 13.8 Å². The molecule has 0 aliphatic carbocycles. The van der Waals surface area contributed by atoms with Crippen LogP contribution in [0, 0.1) is 0 Å². The van der Waals surface area contributed by atoms with E-state index >= 15 is 0 Å². The topological polar surface area (TPSA) is 50.4 Å². The first-order valence-corrected chi connectivity index (χ1v) is 7.76. The number of allylic oxidation sites excluding steroid dienone is 1. The van der Waals surface area contributed by atoms with Crippen LogP contribution in [0.25, 0.3) is 0 Å². The summed E-state index contributed by atoms with van der Waals surface area (Å²) in [5.41, 5.74) is 0.955. The lowest BCUT2D eigenvalue weighted by molar-refractivity contribution is -0.138. The van der Waals surface area contributed by atoms with E-state index < -0.39 is 17.8 Å². The maximum atomic E-state index is 13.1. The highest BCUT2D eigenvalue weighted by Crippen LogP contribution is 2.41. The molecule has 4 nitrogen and oxygen atoms in total. The van der Waals surface area contributed by atoms with Crippen molar-refractivity contribution in [3.05, 3.63) is 34.9 Å². The number of amides is 1. The van der Waals surface area contributed by atoms with Gasteiger partial charge in [-0.3, -0.25) is 4.79 Å². The van der Waals surface area contributed by atoms with Gasteiger partial charge in [-0.05, 0) is 25.5 Å². The second-order valence-corrected chi connectivity index (χ2v) is 5.77. The van der Waals surface area contributed by atoms with Gasteiger partial charge in [-0.1, -0.05) is 25.0 Å². The Labute approximate surface area is 139 Å². The van der Waals surface area contributed by atoms with Crippen molar-refractivity contribution >= 4 is 11.6 Å². The number of fused-ring (bicyclic) bond motifs is 1. The lowest BCUT2D eigenvalue weighted by Gasteiger charge is -2.18. The van der Waals surface area contributed by atoms with Crippen molar-refractivity contribution in [3.8, 4) is 5.75 Å². The zero-order valence-electron chi connectivity index (χ0n) is 13.9. The standard InChI is InChI=1S/C17H21F3N2O2/c1-4-5-10(2)8-14-16(23)21-9-11-13(22-14)7-6-12(15(11)24-3)17(18,19)20/h6-8,14,22H,4-5,9H2,1-3H3,(H,21,23)/b10-8+. The summed E-state index contributed by atoms with van der Waals surface area (Å²) in [6, 6.07) is 1.69. The molecule has 1 unspecified atom stereocenters. The zero-order valence-corrected chi connectivity index (χ0v) is 13.9. The molecule has 24 heavy (non-hydrogen) atoms. The summed E-state index contributed by atoms with van der Waals surface area (Å²) in [5, 5.41) is 5.67. The van der Waals surface area contributed by atoms with Gasteiger partial charge in [0.1, 0.15) is 11.8 Å². The SMILES string of the molecule is CCC/C(C)=C/C1Nc2ccc(C(F)(F)F)c(OC)c2CNC1=O. The lowest BCUT2D eigenvalue weighted by Crippen LogP contribution is -2.35. The molecule has 1 heterocycles. The third-order valence-electron chi connectivity index (χ3n) is 3.90. The van der Waals surface area contributed by atoms with Crippen LogP contribution in [0.4, 0.5) is 18.9 Å². The number of ether oxygens (including phenoxy) is 1. The third-order valence-corrected chi connectivity index (χ3v) is 3.90. The van der Waals surface area contributed by atoms with Crippen molar-refractivity contribution in [2.24, 2.45) is 0 Å². The Balaban J connectivity index is 2.43. The minimum absolute atomic E-state index is 0.0224. The van der Waals surface area contributed by atoms with E-state index in [2.05, 4.69) is 10.6 Å². The maximum absolute atomic E-state index is 13.1. The molecule has 1 aromatic carbocycles. The largest absolute Gasteiger partial charge is 0.496 e. The van der Waals surface area contributed by atoms with Gasteiger partial charge in [-0.25, -0.2) is 0 Å². The van der Waals surface area contributed by atoms with Crippen molar-refractivity contribution in [3.63, 3.8) is 0 Å². The number of halogens is 3. The second kappa shape index (κ2) is 7.15. The Bertz CT molecular complexity index is 654. The van der Waals surface area contributed by atoms with Crippen LogP contribution < -0.4 is 15.4 Å². The van der Waals surface area contributed by atoms with E-state index in [-0.39, 0.29) is 18.2 Å². The second-order valence-electron chi connectivity index (χ2n) is 5.77. The number of anilines is 1. The van der Waals surface area contributed by atoms with Gasteiger partial charge >= 0.3 is 6.18 Å². The molecule has 1 aliphatic rings. The number of rotatable bonds is 4. The van der Waals surface area contributed by atoms with Crippen molar-refractivity contribution < 1.29 is 22.7 Å². The van der Waals surface area contributed by atoms with E-state index in [0.717, 1.165) is 24.5 Å². The van der Waals surface area contributed by atoms with Crippen molar-refractivity contribution in [2.75, 3.05) is 12.4 Å². The summed E-state index contributed by atoms with van der Waals surface area (Å²) in [5.74, 6) is -0.542. The van der Waals surface area contributed by atoms with Gasteiger partial charge in [-0.2, -0.15) is 13.2 Å². The molecule has 132 valence electrons. The van der Waals surface area contributed by atoms with E-state index in [4.69, 9.17) is 4.74 Å². The quantitative estimate of drug-likeness (QED) is 0.817. The summed E-state index contributed by atoms with van der Waals surface area (Å²) < 4.78 is 44.3. The molecule has 0 aromatic heterocycles. The maximum Gasteiger partial charge on any atom is 0.419 e. The highest BCUT2D eigenvalue weighted by molar-refractivity contribution is 5.88. The number of methoxy groups -OCH3 is 1. The lowest BCUT2D eigenvalue weighted by atomic mass is 10.0. The monoisotopic (exact) mass is 342 g/mol. The molecule has 1 aromatic rings. The predicted octanol–water partition coefficient (Wildman–Crippen LogP) is 3.87. The normalized spacial score (nSPS) is 18.3. The molecule has 0 saturated carbocycles. The third kappa shape index (κ3) is 3.83. The number of hydrogen-bond acceptors (Lipinski definition) is 3. The number of carbonyl (C=O) groups excluding carboxylic acids is 1. The molecular formula is C17H21F3N2O2. The molecule has 0 bridgehead atoms. The van der Waals surface area contributed by atoms with Crippen LogP contribution in [0.5, 0.6) is 5.75 Å². The smallest absolute Gasteiger partial charge is 0.419 e. The highest BCUT2D eigenvalue weighted by Gasteiger charge is 2.37. The molecule has 0 fully saturated rings. The Morgan fingerprint density at radius 2 is 2.12 bits per heavy atom. The fourth-order valence-electron chi connectivity index (χ4n) is 2.79. The molecule has 1 atom stereocenters. The van der Waals surface area contributed by atoms with Gasteiger partial charge in [-0.15, -0.1) is 0 Å². The van der Waals surface area contributed by atoms with Crippen LogP contribution in [-0.4, -0.2) is 19.1 Å². The summed E-state index contributed by atoms with van der Waals surface area (Å²) in [6.07, 6.45) is -0.906. The zero-order chi connectivity index (χ0) is 17.9. The van der Waals surface area contributed by atoms with Gasteiger partial charge in [0.05, 0.1) is 12.7 Å². The predicted molar refractivity (Wildman–Crippen MR) is 85.9 cm³/mol. The summed E-state index contributed by atoms with van der Waals surface area (Å²) in [6.45, 7) is 3.94. The summed E-state index contributed by atoms with van der Waals surface area (Å²) >= 11 is 0. The van der Waals surface area contributed by atoms with Crippen LogP contribution in [0.15, 0.2) is 23.8 Å². The molecule has 1 amide bonds. The minimum atomic E-state index is -4.52. The van der Waals surface area contributed by atoms with E-state index in [1.165, 1.54) is 13.2 Å². The molecule has 0 radical (unpaired) electrons. The average molecular weight is 342 g/mol. The summed E-state index contributed by atoms with van der Waals surface area (Å²) in [4.78, 5) is 12.2. The van der Waals surface area contributed by atoms with Crippen LogP contribution in [0.2, 0.25) is 0 Å². The number of benzene rings is 1. The Morgan fingerprint density at radius 3 is 2.71 bits per heavy atom. The minimum Gasteiger partial charge on any atom is -0.496 e. The van der Waals surface area contributed by atoms with Gasteiger partial charge in [0.15, 0.2) is 0 Å². The molecule has 1 aliphatic heterocycles. The molecule has 7 heteroatoms. The molecule has 0 saturated heterocycles. The number of alkyl halides is 3. The summed E-state index contributed by atoms with van der Waals surface area (Å²) in [7, 11) is 1.19. The molecular weight excluding hydrogens is 321 g/mol. The van der Waals surface area contributed by atoms with Crippen molar-refractivity contribution in [2.45, 2.75) is 45.5 Å². The molecule has 0 spiro atoms. The Hall–Kier alpha value is -2.18. The number of hydrogen-bond donors (Lipinski definition) is 2. The van der Waals surface area contributed by atoms with E-state index in [0.29, 0.717) is 11.3 Å². The van der Waals surface area contributed by atoms with Crippen LogP contribution in [0.1, 0.15) is 37.8 Å². The average Bonchev–Trinajstić information content (AvgIpc) is 2.65. The number of carbonyl (C=O) groups is 1. The molecule has 2 rings (SSSR count). The Kier molecular flexibility index (Phi) is 5.41. The van der Waals surface area contributed by atoms with Gasteiger partial charge < -0.3 is 15.4 Å². The first-order valence-electron chi connectivity index (χ1n) is 7.76. The number of nitrogens with one attached hydrogen (secondary N) is 2. The van der Waals surface area contributed by atoms with Gasteiger partial charge in [0.2, 0.25) is 5.91 Å². The fraction of sp³-hybridized carbons (Fsp3) is 0.471. The van der Waals surface area contributed by atoms with Gasteiger partial charge in [0, 0.05) is 17.8 Å². The highest BCUT2D eigenvalue weighted by atomic mass is 19.4. The van der Waals surface area contributed by atoms with Crippen LogP contribution in [-0.2, 0) is 17.5 Å². The van der Waals surface area contributed by atoms with Crippen molar-refractivity contribution in [1.82, 2.24) is 5.32 Å². The van der Waals surface area contributed by atoms with Crippen LogP contribution >= 0.6 is 0 Å². The first-order chi connectivity index (χ1) is 11.3. The first kappa shape index (κ1) is 18.2. The molecule has 2 N–H and O–H groups in total. The fourth-order valence-corrected chi connectivity index (χ4v) is 2.79. The van der Waals surface area contributed by atoms with Crippen LogP contribution in [0.3, 0.4) is 0 Å².